The van der Waals surface area contributed by atoms with Crippen molar-refractivity contribution in [2.45, 2.75) is 13.8 Å². The molecular weight excluding hydrogens is 223 g/mol. The highest BCUT2D eigenvalue weighted by molar-refractivity contribution is 5.96. The van der Waals surface area contributed by atoms with E-state index in [4.69, 9.17) is 0 Å². The predicted octanol–water partition coefficient (Wildman–Crippen LogP) is 1.88. The van der Waals surface area contributed by atoms with Crippen LogP contribution in [0, 0.1) is 5.82 Å². The van der Waals surface area contributed by atoms with Gasteiger partial charge in [0.15, 0.2) is 0 Å². The largest absolute Gasteiger partial charge is 0.342 e. The Morgan fingerprint density at radius 1 is 1.41 bits per heavy atom. The second-order valence-corrected chi connectivity index (χ2v) is 3.70. The zero-order valence-corrected chi connectivity index (χ0v) is 10.1. The lowest BCUT2D eigenvalue weighted by Gasteiger charge is -2.15. The van der Waals surface area contributed by atoms with E-state index in [-0.39, 0.29) is 11.5 Å². The first kappa shape index (κ1) is 13.2. The van der Waals surface area contributed by atoms with Crippen molar-refractivity contribution in [3.63, 3.8) is 0 Å². The van der Waals surface area contributed by atoms with Crippen LogP contribution in [-0.2, 0) is 4.79 Å². The molecule has 92 valence electrons. The SMILES string of the molecule is CCN(C)C(=O)c1cc(NC(C)=O)ccc1F. The van der Waals surface area contributed by atoms with Crippen LogP contribution in [0.25, 0.3) is 0 Å². The molecular formula is C12H15FN2O2. The van der Waals surface area contributed by atoms with Crippen molar-refractivity contribution in [3.05, 3.63) is 29.6 Å². The van der Waals surface area contributed by atoms with Crippen LogP contribution < -0.4 is 5.32 Å². The normalized spacial score (nSPS) is 9.88. The molecule has 2 amide bonds. The molecule has 0 saturated heterocycles. The maximum atomic E-state index is 13.5. The van der Waals surface area contributed by atoms with E-state index in [1.807, 2.05) is 0 Å². The summed E-state index contributed by atoms with van der Waals surface area (Å²) in [4.78, 5) is 24.1. The van der Waals surface area contributed by atoms with Crippen LogP contribution in [0.15, 0.2) is 18.2 Å². The Balaban J connectivity index is 3.06. The number of amides is 2. The zero-order chi connectivity index (χ0) is 13.0. The zero-order valence-electron chi connectivity index (χ0n) is 10.1. The predicted molar refractivity (Wildman–Crippen MR) is 63.3 cm³/mol. The van der Waals surface area contributed by atoms with Gasteiger partial charge in [0.25, 0.3) is 5.91 Å². The van der Waals surface area contributed by atoms with Crippen molar-refractivity contribution in [3.8, 4) is 0 Å². The van der Waals surface area contributed by atoms with Crippen molar-refractivity contribution in [1.29, 1.82) is 0 Å². The van der Waals surface area contributed by atoms with Gasteiger partial charge in [-0.05, 0) is 25.1 Å². The van der Waals surface area contributed by atoms with Gasteiger partial charge in [-0.2, -0.15) is 0 Å². The third-order valence-electron chi connectivity index (χ3n) is 2.34. The van der Waals surface area contributed by atoms with Gasteiger partial charge in [0, 0.05) is 26.2 Å². The maximum Gasteiger partial charge on any atom is 0.256 e. The molecule has 0 heterocycles. The van der Waals surface area contributed by atoms with Crippen LogP contribution >= 0.6 is 0 Å². The highest BCUT2D eigenvalue weighted by atomic mass is 19.1. The second kappa shape index (κ2) is 5.43. The van der Waals surface area contributed by atoms with Crippen molar-refractivity contribution in [1.82, 2.24) is 4.90 Å². The van der Waals surface area contributed by atoms with Crippen LogP contribution in [0.5, 0.6) is 0 Å². The lowest BCUT2D eigenvalue weighted by Crippen LogP contribution is -2.27. The Kier molecular flexibility index (Phi) is 4.20. The highest BCUT2D eigenvalue weighted by Gasteiger charge is 2.15. The molecule has 1 rings (SSSR count). The Morgan fingerprint density at radius 3 is 2.59 bits per heavy atom. The van der Waals surface area contributed by atoms with Crippen molar-refractivity contribution >= 4 is 17.5 Å². The third-order valence-corrected chi connectivity index (χ3v) is 2.34. The smallest absolute Gasteiger partial charge is 0.256 e. The Bertz CT molecular complexity index is 446. The fourth-order valence-electron chi connectivity index (χ4n) is 1.32. The molecule has 0 saturated carbocycles. The molecule has 0 unspecified atom stereocenters. The molecule has 0 atom stereocenters. The van der Waals surface area contributed by atoms with E-state index in [0.29, 0.717) is 12.2 Å². The number of carbonyl (C=O) groups excluding carboxylic acids is 2. The van der Waals surface area contributed by atoms with Gasteiger partial charge in [-0.25, -0.2) is 4.39 Å². The summed E-state index contributed by atoms with van der Waals surface area (Å²) in [5.74, 6) is -1.26. The van der Waals surface area contributed by atoms with Crippen LogP contribution in [-0.4, -0.2) is 30.3 Å². The van der Waals surface area contributed by atoms with Gasteiger partial charge in [-0.3, -0.25) is 9.59 Å². The molecule has 0 fully saturated rings. The van der Waals surface area contributed by atoms with Crippen molar-refractivity contribution in [2.24, 2.45) is 0 Å². The summed E-state index contributed by atoms with van der Waals surface area (Å²) in [6.07, 6.45) is 0. The van der Waals surface area contributed by atoms with Gasteiger partial charge in [0.1, 0.15) is 5.82 Å². The first-order valence-electron chi connectivity index (χ1n) is 5.28. The number of hydrogen-bond acceptors (Lipinski definition) is 2. The monoisotopic (exact) mass is 238 g/mol. The number of carbonyl (C=O) groups is 2. The number of benzene rings is 1. The van der Waals surface area contributed by atoms with Crippen LogP contribution in [0.1, 0.15) is 24.2 Å². The summed E-state index contributed by atoms with van der Waals surface area (Å²) in [7, 11) is 1.59. The summed E-state index contributed by atoms with van der Waals surface area (Å²) in [6, 6.07) is 3.92. The Hall–Kier alpha value is -1.91. The minimum Gasteiger partial charge on any atom is -0.342 e. The third kappa shape index (κ3) is 3.27. The Labute approximate surface area is 99.4 Å². The first-order valence-corrected chi connectivity index (χ1v) is 5.28. The van der Waals surface area contributed by atoms with Gasteiger partial charge < -0.3 is 10.2 Å². The van der Waals surface area contributed by atoms with Crippen LogP contribution in [0.2, 0.25) is 0 Å². The van der Waals surface area contributed by atoms with E-state index in [2.05, 4.69) is 5.32 Å². The molecule has 1 N–H and O–H groups in total. The lowest BCUT2D eigenvalue weighted by atomic mass is 10.1. The first-order chi connectivity index (χ1) is 7.95. The molecule has 17 heavy (non-hydrogen) atoms. The minimum atomic E-state index is -0.593. The van der Waals surface area contributed by atoms with Gasteiger partial charge >= 0.3 is 0 Å². The highest BCUT2D eigenvalue weighted by Crippen LogP contribution is 2.16. The fraction of sp³-hybridized carbons (Fsp3) is 0.333. The molecule has 0 aliphatic heterocycles. The minimum absolute atomic E-state index is 0.0411. The number of anilines is 1. The number of rotatable bonds is 3. The molecule has 0 aliphatic rings. The van der Waals surface area contributed by atoms with Gasteiger partial charge in [0.05, 0.1) is 5.56 Å². The molecule has 0 aliphatic carbocycles. The van der Waals surface area contributed by atoms with E-state index < -0.39 is 11.7 Å². The van der Waals surface area contributed by atoms with E-state index in [9.17, 15) is 14.0 Å². The number of nitrogens with one attached hydrogen (secondary N) is 1. The number of halogens is 1. The summed E-state index contributed by atoms with van der Waals surface area (Å²) in [6.45, 7) is 3.64. The summed E-state index contributed by atoms with van der Waals surface area (Å²) in [5, 5.41) is 2.51. The molecule has 4 nitrogen and oxygen atoms in total. The second-order valence-electron chi connectivity index (χ2n) is 3.70. The molecule has 0 spiro atoms. The fourth-order valence-corrected chi connectivity index (χ4v) is 1.32. The average molecular weight is 238 g/mol. The molecule has 0 radical (unpaired) electrons. The van der Waals surface area contributed by atoms with Gasteiger partial charge in [-0.1, -0.05) is 0 Å². The summed E-state index contributed by atoms with van der Waals surface area (Å²) < 4.78 is 13.5. The molecule has 0 aromatic heterocycles. The lowest BCUT2D eigenvalue weighted by molar-refractivity contribution is -0.114. The van der Waals surface area contributed by atoms with Crippen LogP contribution in [0.3, 0.4) is 0 Å². The molecule has 1 aromatic carbocycles. The maximum absolute atomic E-state index is 13.5. The van der Waals surface area contributed by atoms with Crippen molar-refractivity contribution < 1.29 is 14.0 Å². The van der Waals surface area contributed by atoms with Gasteiger partial charge in [0.2, 0.25) is 5.91 Å². The Morgan fingerprint density at radius 2 is 2.06 bits per heavy atom. The number of nitrogens with zero attached hydrogens (tertiary/aromatic N) is 1. The number of hydrogen-bond donors (Lipinski definition) is 1. The summed E-state index contributed by atoms with van der Waals surface area (Å²) in [5.41, 5.74) is 0.368. The van der Waals surface area contributed by atoms with E-state index in [0.717, 1.165) is 0 Å². The topological polar surface area (TPSA) is 49.4 Å². The molecule has 5 heteroatoms. The quantitative estimate of drug-likeness (QED) is 0.874. The standard InChI is InChI=1S/C12H15FN2O2/c1-4-15(3)12(17)10-7-9(14-8(2)16)5-6-11(10)13/h5-7H,4H2,1-3H3,(H,14,16). The van der Waals surface area contributed by atoms with E-state index in [1.165, 1.54) is 30.0 Å². The van der Waals surface area contributed by atoms with Crippen molar-refractivity contribution in [2.75, 3.05) is 18.9 Å². The molecule has 0 bridgehead atoms. The van der Waals surface area contributed by atoms with Crippen LogP contribution in [0.4, 0.5) is 10.1 Å². The van der Waals surface area contributed by atoms with Gasteiger partial charge in [-0.15, -0.1) is 0 Å². The van der Waals surface area contributed by atoms with E-state index >= 15 is 0 Å². The average Bonchev–Trinajstić information content (AvgIpc) is 2.29. The molecule has 1 aromatic rings. The van der Waals surface area contributed by atoms with E-state index in [1.54, 1.807) is 14.0 Å². The summed E-state index contributed by atoms with van der Waals surface area (Å²) >= 11 is 0.